The van der Waals surface area contributed by atoms with Crippen LogP contribution in [0.1, 0.15) is 85.3 Å². The van der Waals surface area contributed by atoms with E-state index >= 15 is 0 Å². The molecule has 0 aliphatic carbocycles. The molecule has 8 nitrogen and oxygen atoms in total. The summed E-state index contributed by atoms with van der Waals surface area (Å²) in [6, 6.07) is 1.68. The first-order chi connectivity index (χ1) is 13.9. The van der Waals surface area contributed by atoms with E-state index in [1.165, 1.54) is 0 Å². The Labute approximate surface area is 170 Å². The average molecular weight is 397 g/mol. The Kier molecular flexibility index (Phi) is 5.34. The smallest absolute Gasteiger partial charge is 0.292 e. The van der Waals surface area contributed by atoms with E-state index in [1.807, 2.05) is 24.9 Å². The molecule has 154 valence electrons. The fourth-order valence-electron chi connectivity index (χ4n) is 4.06. The minimum absolute atomic E-state index is 0.0464. The largest absolute Gasteiger partial charge is 0.351 e. The fourth-order valence-corrected chi connectivity index (χ4v) is 4.06. The Hall–Kier alpha value is -2.77. The maximum atomic E-state index is 12.8. The van der Waals surface area contributed by atoms with E-state index in [1.54, 1.807) is 17.9 Å². The highest BCUT2D eigenvalue weighted by molar-refractivity contribution is 5.91. The van der Waals surface area contributed by atoms with Crippen molar-refractivity contribution in [3.8, 4) is 0 Å². The minimum Gasteiger partial charge on any atom is -0.351 e. The Balaban J connectivity index is 1.50. The standard InChI is InChI=1S/C21H27N5O3/c1-13(2)17-10-19(29-24-17)21(28)25-9-7-16-15(12-25)11-22-20(23-16)18-6-4-5-8-26(18)14(3)27/h10-11,13,18H,4-9,12H2,1-3H3. The summed E-state index contributed by atoms with van der Waals surface area (Å²) in [6.45, 7) is 7.41. The van der Waals surface area contributed by atoms with E-state index in [2.05, 4.69) is 10.1 Å². The Bertz CT molecular complexity index is 923. The van der Waals surface area contributed by atoms with Gasteiger partial charge < -0.3 is 14.3 Å². The van der Waals surface area contributed by atoms with Gasteiger partial charge in [0.2, 0.25) is 11.7 Å². The van der Waals surface area contributed by atoms with Crippen molar-refractivity contribution in [1.82, 2.24) is 24.9 Å². The maximum Gasteiger partial charge on any atom is 0.292 e. The molecule has 1 unspecified atom stereocenters. The number of hydrogen-bond acceptors (Lipinski definition) is 6. The van der Waals surface area contributed by atoms with Gasteiger partial charge in [-0.1, -0.05) is 19.0 Å². The van der Waals surface area contributed by atoms with Crippen molar-refractivity contribution in [1.29, 1.82) is 0 Å². The molecule has 0 aromatic carbocycles. The van der Waals surface area contributed by atoms with Crippen LogP contribution >= 0.6 is 0 Å². The average Bonchev–Trinajstić information content (AvgIpc) is 3.23. The van der Waals surface area contributed by atoms with Gasteiger partial charge in [0, 0.05) is 50.8 Å². The van der Waals surface area contributed by atoms with Crippen LogP contribution in [0.2, 0.25) is 0 Å². The number of hydrogen-bond donors (Lipinski definition) is 0. The first-order valence-corrected chi connectivity index (χ1v) is 10.3. The van der Waals surface area contributed by atoms with Crippen LogP contribution in [0.3, 0.4) is 0 Å². The summed E-state index contributed by atoms with van der Waals surface area (Å²) >= 11 is 0. The quantitative estimate of drug-likeness (QED) is 0.791. The van der Waals surface area contributed by atoms with E-state index in [4.69, 9.17) is 9.51 Å². The molecule has 0 spiro atoms. The van der Waals surface area contributed by atoms with Crippen LogP contribution in [-0.2, 0) is 17.8 Å². The van der Waals surface area contributed by atoms with Crippen molar-refractivity contribution in [3.63, 3.8) is 0 Å². The Morgan fingerprint density at radius 3 is 2.79 bits per heavy atom. The zero-order valence-corrected chi connectivity index (χ0v) is 17.2. The lowest BCUT2D eigenvalue weighted by Crippen LogP contribution is -2.39. The molecule has 8 heteroatoms. The second-order valence-corrected chi connectivity index (χ2v) is 8.17. The molecular formula is C21H27N5O3. The number of piperidine rings is 1. The predicted octanol–water partition coefficient (Wildman–Crippen LogP) is 2.86. The molecule has 1 saturated heterocycles. The lowest BCUT2D eigenvalue weighted by Gasteiger charge is -2.34. The van der Waals surface area contributed by atoms with Crippen LogP contribution in [0.4, 0.5) is 0 Å². The molecule has 2 aliphatic rings. The zero-order valence-electron chi connectivity index (χ0n) is 17.2. The highest BCUT2D eigenvalue weighted by Crippen LogP contribution is 2.30. The maximum absolute atomic E-state index is 12.8. The lowest BCUT2D eigenvalue weighted by atomic mass is 10.0. The number of fused-ring (bicyclic) bond motifs is 1. The van der Waals surface area contributed by atoms with Gasteiger partial charge in [0.15, 0.2) is 5.82 Å². The van der Waals surface area contributed by atoms with Crippen LogP contribution in [0.15, 0.2) is 16.8 Å². The van der Waals surface area contributed by atoms with Gasteiger partial charge in [0.1, 0.15) is 0 Å². The molecule has 2 aliphatic heterocycles. The van der Waals surface area contributed by atoms with Crippen molar-refractivity contribution in [2.45, 2.75) is 65.0 Å². The molecule has 1 fully saturated rings. The van der Waals surface area contributed by atoms with Gasteiger partial charge in [-0.15, -0.1) is 0 Å². The number of amides is 2. The zero-order chi connectivity index (χ0) is 20.5. The summed E-state index contributed by atoms with van der Waals surface area (Å²) in [7, 11) is 0. The molecule has 2 aromatic rings. The molecule has 29 heavy (non-hydrogen) atoms. The Morgan fingerprint density at radius 2 is 2.07 bits per heavy atom. The van der Waals surface area contributed by atoms with E-state index in [0.29, 0.717) is 19.5 Å². The summed E-state index contributed by atoms with van der Waals surface area (Å²) in [5, 5.41) is 3.98. The third kappa shape index (κ3) is 3.88. The van der Waals surface area contributed by atoms with Gasteiger partial charge in [-0.05, 0) is 25.2 Å². The third-order valence-electron chi connectivity index (χ3n) is 5.78. The van der Waals surface area contributed by atoms with Crippen LogP contribution in [-0.4, -0.2) is 49.8 Å². The number of rotatable bonds is 3. The molecule has 1 atom stereocenters. The van der Waals surface area contributed by atoms with Gasteiger partial charge in [-0.3, -0.25) is 9.59 Å². The molecule has 0 N–H and O–H groups in total. The van der Waals surface area contributed by atoms with Crippen LogP contribution in [0.25, 0.3) is 0 Å². The molecule has 2 amide bonds. The monoisotopic (exact) mass is 397 g/mol. The van der Waals surface area contributed by atoms with E-state index in [0.717, 1.165) is 48.6 Å². The predicted molar refractivity (Wildman–Crippen MR) is 105 cm³/mol. The van der Waals surface area contributed by atoms with Crippen molar-refractivity contribution < 1.29 is 14.1 Å². The highest BCUT2D eigenvalue weighted by atomic mass is 16.5. The van der Waals surface area contributed by atoms with Crippen molar-refractivity contribution in [2.75, 3.05) is 13.1 Å². The first-order valence-electron chi connectivity index (χ1n) is 10.3. The summed E-state index contributed by atoms with van der Waals surface area (Å²) in [6.07, 6.45) is 5.47. The second-order valence-electron chi connectivity index (χ2n) is 8.17. The number of carbonyl (C=O) groups is 2. The van der Waals surface area contributed by atoms with E-state index in [-0.39, 0.29) is 29.5 Å². The van der Waals surface area contributed by atoms with Crippen LogP contribution < -0.4 is 0 Å². The number of carbonyl (C=O) groups excluding carboxylic acids is 2. The molecule has 2 aromatic heterocycles. The molecule has 0 radical (unpaired) electrons. The molecule has 0 bridgehead atoms. The van der Waals surface area contributed by atoms with Crippen molar-refractivity contribution in [3.05, 3.63) is 40.8 Å². The van der Waals surface area contributed by atoms with Gasteiger partial charge in [-0.2, -0.15) is 0 Å². The van der Waals surface area contributed by atoms with E-state index in [9.17, 15) is 9.59 Å². The second kappa shape index (κ2) is 7.93. The lowest BCUT2D eigenvalue weighted by molar-refractivity contribution is -0.132. The molecule has 0 saturated carbocycles. The van der Waals surface area contributed by atoms with E-state index < -0.39 is 0 Å². The minimum atomic E-state index is -0.158. The van der Waals surface area contributed by atoms with Gasteiger partial charge in [0.05, 0.1) is 17.4 Å². The van der Waals surface area contributed by atoms with Crippen LogP contribution in [0, 0.1) is 0 Å². The highest BCUT2D eigenvalue weighted by Gasteiger charge is 2.30. The Morgan fingerprint density at radius 1 is 1.24 bits per heavy atom. The SMILES string of the molecule is CC(=O)N1CCCCC1c1ncc2c(n1)CCN(C(=O)c1cc(C(C)C)no1)C2. The topological polar surface area (TPSA) is 92.4 Å². The number of nitrogens with zero attached hydrogens (tertiary/aromatic N) is 5. The number of likely N-dealkylation sites (tertiary alicyclic amines) is 1. The van der Waals surface area contributed by atoms with Crippen LogP contribution in [0.5, 0.6) is 0 Å². The van der Waals surface area contributed by atoms with Crippen molar-refractivity contribution >= 4 is 11.8 Å². The fraction of sp³-hybridized carbons (Fsp3) is 0.571. The molecule has 4 heterocycles. The van der Waals surface area contributed by atoms with Gasteiger partial charge in [0.25, 0.3) is 5.91 Å². The summed E-state index contributed by atoms with van der Waals surface area (Å²) in [5.74, 6) is 1.11. The summed E-state index contributed by atoms with van der Waals surface area (Å²) in [5.41, 5.74) is 2.69. The molecular weight excluding hydrogens is 370 g/mol. The summed E-state index contributed by atoms with van der Waals surface area (Å²) in [4.78, 5) is 37.7. The van der Waals surface area contributed by atoms with Gasteiger partial charge >= 0.3 is 0 Å². The molecule has 4 rings (SSSR count). The number of aromatic nitrogens is 3. The van der Waals surface area contributed by atoms with Crippen molar-refractivity contribution in [2.24, 2.45) is 0 Å². The third-order valence-corrected chi connectivity index (χ3v) is 5.78. The van der Waals surface area contributed by atoms with Gasteiger partial charge in [-0.25, -0.2) is 9.97 Å². The first kappa shape index (κ1) is 19.5. The summed E-state index contributed by atoms with van der Waals surface area (Å²) < 4.78 is 5.25. The normalized spacial score (nSPS) is 19.4.